The van der Waals surface area contributed by atoms with Crippen molar-refractivity contribution in [2.75, 3.05) is 0 Å². The first kappa shape index (κ1) is 15.3. The van der Waals surface area contributed by atoms with Gasteiger partial charge in [0.1, 0.15) is 17.9 Å². The third-order valence-electron chi connectivity index (χ3n) is 2.54. The van der Waals surface area contributed by atoms with Gasteiger partial charge in [0.25, 0.3) is 0 Å². The van der Waals surface area contributed by atoms with Gasteiger partial charge in [-0.2, -0.15) is 0 Å². The molecule has 0 N–H and O–H groups in total. The fourth-order valence-corrected chi connectivity index (χ4v) is 1.92. The van der Waals surface area contributed by atoms with E-state index in [1.165, 1.54) is 18.2 Å². The minimum Gasteiger partial charge on any atom is -0.406 e. The minimum atomic E-state index is -4.91. The summed E-state index contributed by atoms with van der Waals surface area (Å²) in [6.45, 7) is 0. The van der Waals surface area contributed by atoms with E-state index in [4.69, 9.17) is 11.6 Å². The standard InChI is InChI=1S/C14H7ClF4O2/c15-10-1-2-12(13(16)6-10)9-3-8(7-20)4-11(5-9)21-14(17,18)19/h1-7H. The molecule has 2 aromatic rings. The zero-order valence-corrected chi connectivity index (χ0v) is 11.0. The molecule has 0 unspecified atom stereocenters. The van der Waals surface area contributed by atoms with Crippen LogP contribution in [0, 0.1) is 5.82 Å². The summed E-state index contributed by atoms with van der Waals surface area (Å²) >= 11 is 5.61. The molecule has 110 valence electrons. The molecule has 0 bridgehead atoms. The summed E-state index contributed by atoms with van der Waals surface area (Å²) in [5.41, 5.74) is 0.0178. The van der Waals surface area contributed by atoms with E-state index in [1.807, 2.05) is 0 Å². The maximum atomic E-state index is 13.8. The highest BCUT2D eigenvalue weighted by atomic mass is 35.5. The van der Waals surface area contributed by atoms with Crippen molar-refractivity contribution in [3.05, 3.63) is 52.8 Å². The van der Waals surface area contributed by atoms with Gasteiger partial charge in [-0.15, -0.1) is 13.2 Å². The predicted molar refractivity (Wildman–Crippen MR) is 68.9 cm³/mol. The van der Waals surface area contributed by atoms with E-state index in [1.54, 1.807) is 0 Å². The Hall–Kier alpha value is -2.08. The molecule has 0 heterocycles. The topological polar surface area (TPSA) is 26.3 Å². The van der Waals surface area contributed by atoms with Crippen molar-refractivity contribution in [3.63, 3.8) is 0 Å². The number of carbonyl (C=O) groups excluding carboxylic acids is 1. The fraction of sp³-hybridized carbons (Fsp3) is 0.0714. The summed E-state index contributed by atoms with van der Waals surface area (Å²) in [6.07, 6.45) is -4.56. The lowest BCUT2D eigenvalue weighted by molar-refractivity contribution is -0.274. The highest BCUT2D eigenvalue weighted by molar-refractivity contribution is 6.30. The van der Waals surface area contributed by atoms with Gasteiger partial charge in [-0.05, 0) is 42.0 Å². The molecule has 0 aliphatic heterocycles. The van der Waals surface area contributed by atoms with Crippen LogP contribution in [-0.4, -0.2) is 12.6 Å². The molecule has 0 atom stereocenters. The Balaban J connectivity index is 2.52. The van der Waals surface area contributed by atoms with Crippen LogP contribution in [-0.2, 0) is 0 Å². The van der Waals surface area contributed by atoms with Crippen LogP contribution >= 0.6 is 11.6 Å². The summed E-state index contributed by atoms with van der Waals surface area (Å²) in [5.74, 6) is -1.32. The van der Waals surface area contributed by atoms with E-state index < -0.39 is 17.9 Å². The van der Waals surface area contributed by atoms with Gasteiger partial charge in [0.2, 0.25) is 0 Å². The molecule has 0 aromatic heterocycles. The summed E-state index contributed by atoms with van der Waals surface area (Å²) in [5, 5.41) is 0.148. The molecule has 2 aromatic carbocycles. The largest absolute Gasteiger partial charge is 0.573 e. The Morgan fingerprint density at radius 2 is 1.81 bits per heavy atom. The number of hydrogen-bond donors (Lipinski definition) is 0. The monoisotopic (exact) mass is 318 g/mol. The lowest BCUT2D eigenvalue weighted by Gasteiger charge is -2.11. The Morgan fingerprint density at radius 1 is 1.10 bits per heavy atom. The summed E-state index contributed by atoms with van der Waals surface area (Å²) in [6, 6.07) is 6.87. The highest BCUT2D eigenvalue weighted by Crippen LogP contribution is 2.31. The zero-order chi connectivity index (χ0) is 15.6. The molecular weight excluding hydrogens is 312 g/mol. The number of alkyl halides is 3. The molecule has 0 amide bonds. The fourth-order valence-electron chi connectivity index (χ4n) is 1.76. The van der Waals surface area contributed by atoms with Crippen LogP contribution in [0.25, 0.3) is 11.1 Å². The maximum absolute atomic E-state index is 13.8. The SMILES string of the molecule is O=Cc1cc(OC(F)(F)F)cc(-c2ccc(Cl)cc2F)c1. The predicted octanol–water partition coefficient (Wildman–Crippen LogP) is 4.86. The van der Waals surface area contributed by atoms with Gasteiger partial charge >= 0.3 is 6.36 Å². The van der Waals surface area contributed by atoms with Gasteiger partial charge in [-0.3, -0.25) is 4.79 Å². The second-order valence-corrected chi connectivity index (χ2v) is 4.52. The highest BCUT2D eigenvalue weighted by Gasteiger charge is 2.31. The number of halogens is 5. The average molecular weight is 319 g/mol. The van der Waals surface area contributed by atoms with Crippen molar-refractivity contribution in [3.8, 4) is 16.9 Å². The molecular formula is C14H7ClF4O2. The number of benzene rings is 2. The molecule has 2 nitrogen and oxygen atoms in total. The Labute approximate surface area is 121 Å². The first-order chi connectivity index (χ1) is 9.78. The number of aldehydes is 1. The maximum Gasteiger partial charge on any atom is 0.573 e. The number of hydrogen-bond acceptors (Lipinski definition) is 2. The average Bonchev–Trinajstić information content (AvgIpc) is 2.36. The van der Waals surface area contributed by atoms with Crippen LogP contribution in [0.2, 0.25) is 5.02 Å². The van der Waals surface area contributed by atoms with Crippen molar-refractivity contribution in [1.82, 2.24) is 0 Å². The van der Waals surface area contributed by atoms with Crippen LogP contribution in [0.3, 0.4) is 0 Å². The molecule has 0 fully saturated rings. The van der Waals surface area contributed by atoms with E-state index >= 15 is 0 Å². The molecule has 2 rings (SSSR count). The molecule has 0 aliphatic carbocycles. The zero-order valence-electron chi connectivity index (χ0n) is 10.2. The van der Waals surface area contributed by atoms with Gasteiger partial charge in [-0.1, -0.05) is 11.6 Å². The molecule has 0 radical (unpaired) electrons. The normalized spacial score (nSPS) is 11.3. The minimum absolute atomic E-state index is 0.00937. The quantitative estimate of drug-likeness (QED) is 0.597. The molecule has 0 saturated carbocycles. The van der Waals surface area contributed by atoms with E-state index in [2.05, 4.69) is 4.74 Å². The van der Waals surface area contributed by atoms with Crippen molar-refractivity contribution in [2.45, 2.75) is 6.36 Å². The number of carbonyl (C=O) groups is 1. The van der Waals surface area contributed by atoms with Gasteiger partial charge in [0.15, 0.2) is 0 Å². The van der Waals surface area contributed by atoms with E-state index in [-0.39, 0.29) is 21.7 Å². The third kappa shape index (κ3) is 3.95. The van der Waals surface area contributed by atoms with Crippen LogP contribution in [0.5, 0.6) is 5.75 Å². The summed E-state index contributed by atoms with van der Waals surface area (Å²) < 4.78 is 54.3. The molecule has 7 heteroatoms. The van der Waals surface area contributed by atoms with Gasteiger partial charge in [-0.25, -0.2) is 4.39 Å². The van der Waals surface area contributed by atoms with Crippen molar-refractivity contribution >= 4 is 17.9 Å². The first-order valence-corrected chi connectivity index (χ1v) is 5.98. The second-order valence-electron chi connectivity index (χ2n) is 4.08. The summed E-state index contributed by atoms with van der Waals surface area (Å²) in [4.78, 5) is 10.8. The Bertz CT molecular complexity index is 683. The van der Waals surface area contributed by atoms with Crippen molar-refractivity contribution < 1.29 is 27.1 Å². The molecule has 21 heavy (non-hydrogen) atoms. The van der Waals surface area contributed by atoms with E-state index in [0.29, 0.717) is 6.29 Å². The van der Waals surface area contributed by atoms with E-state index in [0.717, 1.165) is 18.2 Å². The van der Waals surface area contributed by atoms with E-state index in [9.17, 15) is 22.4 Å². The van der Waals surface area contributed by atoms with Crippen molar-refractivity contribution in [1.29, 1.82) is 0 Å². The Morgan fingerprint density at radius 3 is 2.38 bits per heavy atom. The van der Waals surface area contributed by atoms with Crippen LogP contribution in [0.1, 0.15) is 10.4 Å². The molecule has 0 spiro atoms. The smallest absolute Gasteiger partial charge is 0.406 e. The van der Waals surface area contributed by atoms with Crippen molar-refractivity contribution in [2.24, 2.45) is 0 Å². The van der Waals surface area contributed by atoms with Crippen LogP contribution < -0.4 is 4.74 Å². The lowest BCUT2D eigenvalue weighted by atomic mass is 10.0. The number of ether oxygens (including phenoxy) is 1. The molecule has 0 saturated heterocycles. The first-order valence-electron chi connectivity index (χ1n) is 5.60. The van der Waals surface area contributed by atoms with Crippen LogP contribution in [0.15, 0.2) is 36.4 Å². The number of rotatable bonds is 3. The third-order valence-corrected chi connectivity index (χ3v) is 2.78. The molecule has 0 aliphatic rings. The summed E-state index contributed by atoms with van der Waals surface area (Å²) in [7, 11) is 0. The lowest BCUT2D eigenvalue weighted by Crippen LogP contribution is -2.17. The van der Waals surface area contributed by atoms with Crippen LogP contribution in [0.4, 0.5) is 17.6 Å². The van der Waals surface area contributed by atoms with Gasteiger partial charge < -0.3 is 4.74 Å². The van der Waals surface area contributed by atoms with Gasteiger partial charge in [0.05, 0.1) is 0 Å². The second kappa shape index (κ2) is 5.73. The van der Waals surface area contributed by atoms with Gasteiger partial charge in [0, 0.05) is 16.1 Å². The Kier molecular flexibility index (Phi) is 4.18.